The van der Waals surface area contributed by atoms with Crippen LogP contribution in [-0.2, 0) is 18.4 Å². The van der Waals surface area contributed by atoms with Gasteiger partial charge >= 0.3 is 0 Å². The highest BCUT2D eigenvalue weighted by molar-refractivity contribution is 9.10. The molecule has 0 N–H and O–H groups in total. The van der Waals surface area contributed by atoms with Gasteiger partial charge in [-0.1, -0.05) is 22.9 Å². The van der Waals surface area contributed by atoms with Gasteiger partial charge < -0.3 is 14.4 Å². The molecule has 144 valence electrons. The minimum atomic E-state index is -0.0905. The molecule has 6 heteroatoms. The second-order valence-electron chi connectivity index (χ2n) is 7.10. The highest BCUT2D eigenvalue weighted by Crippen LogP contribution is 2.28. The summed E-state index contributed by atoms with van der Waals surface area (Å²) in [5.74, 6) is -0.0649. The average molecular weight is 432 g/mol. The summed E-state index contributed by atoms with van der Waals surface area (Å²) < 4.78 is 2.97. The van der Waals surface area contributed by atoms with Crippen LogP contribution >= 0.6 is 15.9 Å². The molecule has 5 nitrogen and oxygen atoms in total. The van der Waals surface area contributed by atoms with Gasteiger partial charge in [0.2, 0.25) is 5.91 Å². The third-order valence-electron chi connectivity index (χ3n) is 4.89. The summed E-state index contributed by atoms with van der Waals surface area (Å²) in [5, 5.41) is 0. The molecule has 0 aliphatic heterocycles. The van der Waals surface area contributed by atoms with Gasteiger partial charge in [-0.15, -0.1) is 0 Å². The van der Waals surface area contributed by atoms with Crippen LogP contribution in [0.3, 0.4) is 0 Å². The standard InChI is InChI=1S/C21H26BrN3O2/c1-3-12-24(21(27)16-6-8-17(22)9-7-16)15-20(26)25(18-10-11-18)14-19-5-4-13-23(19)2/h4-9,13,18H,3,10-12,14-15H2,1-2H3. The largest absolute Gasteiger partial charge is 0.353 e. The van der Waals surface area contributed by atoms with Crippen LogP contribution in [0.25, 0.3) is 0 Å². The third kappa shape index (κ3) is 5.01. The predicted molar refractivity (Wildman–Crippen MR) is 109 cm³/mol. The van der Waals surface area contributed by atoms with Crippen LogP contribution in [0.5, 0.6) is 0 Å². The molecule has 27 heavy (non-hydrogen) atoms. The highest BCUT2D eigenvalue weighted by Gasteiger charge is 2.34. The molecular weight excluding hydrogens is 406 g/mol. The Kier molecular flexibility index (Phi) is 6.37. The van der Waals surface area contributed by atoms with Crippen LogP contribution < -0.4 is 0 Å². The third-order valence-corrected chi connectivity index (χ3v) is 5.42. The number of benzene rings is 1. The Balaban J connectivity index is 1.72. The van der Waals surface area contributed by atoms with E-state index in [9.17, 15) is 9.59 Å². The summed E-state index contributed by atoms with van der Waals surface area (Å²) in [6.45, 7) is 3.32. The Labute approximate surface area is 169 Å². The van der Waals surface area contributed by atoms with Crippen LogP contribution in [0, 0.1) is 0 Å². The van der Waals surface area contributed by atoms with Crippen molar-refractivity contribution in [3.05, 3.63) is 58.3 Å². The minimum absolute atomic E-state index is 0.0256. The van der Waals surface area contributed by atoms with E-state index in [2.05, 4.69) is 15.9 Å². The van der Waals surface area contributed by atoms with E-state index >= 15 is 0 Å². The smallest absolute Gasteiger partial charge is 0.254 e. The molecule has 0 spiro atoms. The van der Waals surface area contributed by atoms with E-state index < -0.39 is 0 Å². The van der Waals surface area contributed by atoms with E-state index in [0.29, 0.717) is 24.7 Å². The zero-order chi connectivity index (χ0) is 19.4. The summed E-state index contributed by atoms with van der Waals surface area (Å²) in [4.78, 5) is 29.6. The zero-order valence-electron chi connectivity index (χ0n) is 15.9. The average Bonchev–Trinajstić information content (AvgIpc) is 3.41. The number of carbonyl (C=O) groups excluding carboxylic acids is 2. The van der Waals surface area contributed by atoms with Gasteiger partial charge in [-0.25, -0.2) is 0 Å². The molecule has 1 aliphatic rings. The first-order valence-electron chi connectivity index (χ1n) is 9.44. The summed E-state index contributed by atoms with van der Waals surface area (Å²) in [5.41, 5.74) is 1.72. The summed E-state index contributed by atoms with van der Waals surface area (Å²) in [6.07, 6.45) is 4.90. The Morgan fingerprint density at radius 3 is 2.44 bits per heavy atom. The molecule has 1 aliphatic carbocycles. The number of aryl methyl sites for hydroxylation is 1. The van der Waals surface area contributed by atoms with Crippen molar-refractivity contribution in [1.29, 1.82) is 0 Å². The highest BCUT2D eigenvalue weighted by atomic mass is 79.9. The van der Waals surface area contributed by atoms with Crippen LogP contribution in [0.15, 0.2) is 47.1 Å². The lowest BCUT2D eigenvalue weighted by Crippen LogP contribution is -2.44. The molecule has 3 rings (SSSR count). The van der Waals surface area contributed by atoms with Gasteiger partial charge in [0.05, 0.1) is 6.54 Å². The molecule has 0 saturated heterocycles. The number of nitrogens with zero attached hydrogens (tertiary/aromatic N) is 3. The maximum atomic E-state index is 13.1. The fraction of sp³-hybridized carbons (Fsp3) is 0.429. The molecule has 1 fully saturated rings. The first kappa shape index (κ1) is 19.7. The van der Waals surface area contributed by atoms with Gasteiger partial charge in [0.1, 0.15) is 6.54 Å². The van der Waals surface area contributed by atoms with Crippen molar-refractivity contribution < 1.29 is 9.59 Å². The van der Waals surface area contributed by atoms with Gasteiger partial charge in [0.25, 0.3) is 5.91 Å². The van der Waals surface area contributed by atoms with E-state index in [1.165, 1.54) is 0 Å². The second-order valence-corrected chi connectivity index (χ2v) is 8.01. The molecule has 1 aromatic heterocycles. The fourth-order valence-corrected chi connectivity index (χ4v) is 3.46. The topological polar surface area (TPSA) is 45.6 Å². The number of rotatable bonds is 8. The Bertz CT molecular complexity index is 796. The van der Waals surface area contributed by atoms with Crippen molar-refractivity contribution in [3.63, 3.8) is 0 Å². The van der Waals surface area contributed by atoms with Crippen molar-refractivity contribution in [3.8, 4) is 0 Å². The van der Waals surface area contributed by atoms with E-state index in [-0.39, 0.29) is 18.4 Å². The Morgan fingerprint density at radius 1 is 1.19 bits per heavy atom. The SMILES string of the molecule is CCCN(CC(=O)N(Cc1cccn1C)C1CC1)C(=O)c1ccc(Br)cc1. The van der Waals surface area contributed by atoms with E-state index in [4.69, 9.17) is 0 Å². The number of carbonyl (C=O) groups is 2. The summed E-state index contributed by atoms with van der Waals surface area (Å²) in [7, 11) is 1.99. The van der Waals surface area contributed by atoms with Gasteiger partial charge in [0.15, 0.2) is 0 Å². The lowest BCUT2D eigenvalue weighted by atomic mass is 10.2. The van der Waals surface area contributed by atoms with Crippen LogP contribution in [0.4, 0.5) is 0 Å². The van der Waals surface area contributed by atoms with Crippen molar-refractivity contribution in [2.24, 2.45) is 7.05 Å². The molecule has 0 bridgehead atoms. The fourth-order valence-electron chi connectivity index (χ4n) is 3.19. The zero-order valence-corrected chi connectivity index (χ0v) is 17.5. The van der Waals surface area contributed by atoms with Gasteiger partial charge in [-0.2, -0.15) is 0 Å². The molecule has 1 heterocycles. The molecule has 0 atom stereocenters. The van der Waals surface area contributed by atoms with Crippen LogP contribution in [0.1, 0.15) is 42.2 Å². The van der Waals surface area contributed by atoms with E-state index in [0.717, 1.165) is 29.4 Å². The molecular formula is C21H26BrN3O2. The second kappa shape index (κ2) is 8.74. The first-order valence-corrected chi connectivity index (χ1v) is 10.2. The Hall–Kier alpha value is -2.08. The maximum Gasteiger partial charge on any atom is 0.254 e. The van der Waals surface area contributed by atoms with Gasteiger partial charge in [0, 0.05) is 41.6 Å². The molecule has 2 aromatic rings. The van der Waals surface area contributed by atoms with Gasteiger partial charge in [-0.05, 0) is 55.7 Å². The number of amides is 2. The predicted octanol–water partition coefficient (Wildman–Crippen LogP) is 3.83. The van der Waals surface area contributed by atoms with Crippen molar-refractivity contribution in [2.45, 2.75) is 38.8 Å². The molecule has 0 unspecified atom stereocenters. The number of hydrogen-bond donors (Lipinski definition) is 0. The van der Waals surface area contributed by atoms with E-state index in [1.54, 1.807) is 17.0 Å². The van der Waals surface area contributed by atoms with Crippen LogP contribution in [0.2, 0.25) is 0 Å². The molecule has 1 saturated carbocycles. The number of aromatic nitrogens is 1. The lowest BCUT2D eigenvalue weighted by molar-refractivity contribution is -0.133. The quantitative estimate of drug-likeness (QED) is 0.637. The lowest BCUT2D eigenvalue weighted by Gasteiger charge is -2.28. The normalized spacial score (nSPS) is 13.4. The van der Waals surface area contributed by atoms with Gasteiger partial charge in [-0.3, -0.25) is 9.59 Å². The van der Waals surface area contributed by atoms with Crippen molar-refractivity contribution in [1.82, 2.24) is 14.4 Å². The summed E-state index contributed by atoms with van der Waals surface area (Å²) in [6, 6.07) is 11.6. The summed E-state index contributed by atoms with van der Waals surface area (Å²) >= 11 is 3.39. The Morgan fingerprint density at radius 2 is 1.89 bits per heavy atom. The van der Waals surface area contributed by atoms with Crippen LogP contribution in [-0.4, -0.2) is 45.3 Å². The number of halogens is 1. The van der Waals surface area contributed by atoms with E-state index in [1.807, 2.05) is 53.9 Å². The molecule has 2 amide bonds. The van der Waals surface area contributed by atoms with Crippen molar-refractivity contribution in [2.75, 3.05) is 13.1 Å². The monoisotopic (exact) mass is 431 g/mol. The molecule has 1 aromatic carbocycles. The number of hydrogen-bond acceptors (Lipinski definition) is 2. The first-order chi connectivity index (χ1) is 13.0. The molecule has 0 radical (unpaired) electrons. The maximum absolute atomic E-state index is 13.1. The van der Waals surface area contributed by atoms with Crippen molar-refractivity contribution >= 4 is 27.7 Å². The minimum Gasteiger partial charge on any atom is -0.353 e.